The molecule has 0 saturated heterocycles. The summed E-state index contributed by atoms with van der Waals surface area (Å²) in [6.07, 6.45) is 2.31. The Morgan fingerprint density at radius 2 is 2.00 bits per heavy atom. The van der Waals surface area contributed by atoms with Crippen LogP contribution in [0.25, 0.3) is 6.08 Å². The summed E-state index contributed by atoms with van der Waals surface area (Å²) >= 11 is 0.705. The molecule has 26 heavy (non-hydrogen) atoms. The van der Waals surface area contributed by atoms with E-state index in [0.29, 0.717) is 28.6 Å². The molecule has 9 nitrogen and oxygen atoms in total. The second-order valence-corrected chi connectivity index (χ2v) is 7.55. The van der Waals surface area contributed by atoms with Crippen LogP contribution in [-0.4, -0.2) is 44.2 Å². The van der Waals surface area contributed by atoms with Gasteiger partial charge in [-0.2, -0.15) is 14.6 Å². The first-order valence-electron chi connectivity index (χ1n) is 6.97. The lowest BCUT2D eigenvalue weighted by Gasteiger charge is -2.08. The van der Waals surface area contributed by atoms with Gasteiger partial charge < -0.3 is 9.47 Å². The normalized spacial score (nSPS) is 11.5. The molecule has 1 N–H and O–H groups in total. The van der Waals surface area contributed by atoms with E-state index in [2.05, 4.69) is 14.7 Å². The van der Waals surface area contributed by atoms with Crippen molar-refractivity contribution in [1.82, 2.24) is 9.36 Å². The summed E-state index contributed by atoms with van der Waals surface area (Å²) in [6.45, 7) is 0. The predicted octanol–water partition coefficient (Wildman–Crippen LogP) is 1.50. The van der Waals surface area contributed by atoms with Crippen LogP contribution >= 0.6 is 11.5 Å². The molecule has 0 aliphatic rings. The lowest BCUT2D eigenvalue weighted by Crippen LogP contribution is -2.13. The van der Waals surface area contributed by atoms with E-state index in [4.69, 9.17) is 9.47 Å². The molecule has 11 heteroatoms. The Bertz CT molecular complexity index is 1010. The minimum absolute atomic E-state index is 0.0242. The van der Waals surface area contributed by atoms with Gasteiger partial charge in [-0.25, -0.2) is 8.42 Å². The fourth-order valence-electron chi connectivity index (χ4n) is 1.83. The topological polar surface area (TPSA) is 131 Å². The number of carbonyl (C=O) groups is 1. The lowest BCUT2D eigenvalue weighted by molar-refractivity contribution is -0.112. The number of nitrogens with one attached hydrogen (secondary N) is 1. The maximum Gasteiger partial charge on any atom is 0.268 e. The third kappa shape index (κ3) is 4.56. The van der Waals surface area contributed by atoms with Crippen LogP contribution in [0.2, 0.25) is 0 Å². The number of hydrogen-bond acceptors (Lipinski definition) is 9. The van der Waals surface area contributed by atoms with Crippen molar-refractivity contribution in [3.8, 4) is 17.6 Å². The molecule has 0 aliphatic heterocycles. The summed E-state index contributed by atoms with van der Waals surface area (Å²) in [6, 6.07) is 6.69. The van der Waals surface area contributed by atoms with Crippen molar-refractivity contribution in [3.05, 3.63) is 29.3 Å². The van der Waals surface area contributed by atoms with Crippen LogP contribution in [-0.2, 0) is 14.6 Å². The fourth-order valence-corrected chi connectivity index (χ4v) is 3.27. The molecule has 1 aromatic heterocycles. The molecule has 0 spiro atoms. The van der Waals surface area contributed by atoms with Gasteiger partial charge >= 0.3 is 0 Å². The van der Waals surface area contributed by atoms with Crippen molar-refractivity contribution in [2.75, 3.05) is 25.8 Å². The van der Waals surface area contributed by atoms with Crippen molar-refractivity contribution in [2.24, 2.45) is 0 Å². The van der Waals surface area contributed by atoms with Gasteiger partial charge in [0.05, 0.1) is 14.2 Å². The molecule has 1 heterocycles. The Morgan fingerprint density at radius 3 is 2.54 bits per heavy atom. The molecule has 0 saturated carbocycles. The van der Waals surface area contributed by atoms with E-state index >= 15 is 0 Å². The first-order valence-corrected chi connectivity index (χ1v) is 9.64. The summed E-state index contributed by atoms with van der Waals surface area (Å²) in [5.41, 5.74) is 0.344. The number of amides is 1. The van der Waals surface area contributed by atoms with Gasteiger partial charge in [-0.1, -0.05) is 6.07 Å². The van der Waals surface area contributed by atoms with E-state index in [1.165, 1.54) is 20.3 Å². The van der Waals surface area contributed by atoms with Crippen LogP contribution in [0, 0.1) is 11.3 Å². The highest BCUT2D eigenvalue weighted by Crippen LogP contribution is 2.28. The summed E-state index contributed by atoms with van der Waals surface area (Å²) < 4.78 is 36.7. The molecule has 1 amide bonds. The van der Waals surface area contributed by atoms with Gasteiger partial charge in [0.15, 0.2) is 11.5 Å². The molecule has 2 aromatic rings. The van der Waals surface area contributed by atoms with Gasteiger partial charge in [-0.15, -0.1) is 0 Å². The van der Waals surface area contributed by atoms with Crippen molar-refractivity contribution in [3.63, 3.8) is 0 Å². The average Bonchev–Trinajstić information content (AvgIpc) is 3.08. The molecule has 136 valence electrons. The largest absolute Gasteiger partial charge is 0.493 e. The highest BCUT2D eigenvalue weighted by molar-refractivity contribution is 7.90. The zero-order chi connectivity index (χ0) is 19.3. The third-order valence-electron chi connectivity index (χ3n) is 3.04. The predicted molar refractivity (Wildman–Crippen MR) is 94.8 cm³/mol. The van der Waals surface area contributed by atoms with Crippen LogP contribution in [0.4, 0.5) is 5.13 Å². The summed E-state index contributed by atoms with van der Waals surface area (Å²) in [7, 11) is -0.610. The monoisotopic (exact) mass is 394 g/mol. The number of hydrogen-bond donors (Lipinski definition) is 1. The molecule has 0 atom stereocenters. The first kappa shape index (κ1) is 19.4. The Kier molecular flexibility index (Phi) is 5.91. The highest BCUT2D eigenvalue weighted by Gasteiger charge is 2.17. The SMILES string of the molecule is COc1ccc(/C=C(/C#N)C(=O)Nc2nc(S(C)(=O)=O)ns2)cc1OC. The molecule has 0 radical (unpaired) electrons. The van der Waals surface area contributed by atoms with E-state index < -0.39 is 15.7 Å². The van der Waals surface area contributed by atoms with Gasteiger partial charge in [-0.3, -0.25) is 10.1 Å². The molecule has 0 bridgehead atoms. The Labute approximate surface area is 154 Å². The van der Waals surface area contributed by atoms with E-state index in [-0.39, 0.29) is 15.9 Å². The van der Waals surface area contributed by atoms with Crippen molar-refractivity contribution in [2.45, 2.75) is 5.16 Å². The Morgan fingerprint density at radius 1 is 1.31 bits per heavy atom. The summed E-state index contributed by atoms with van der Waals surface area (Å²) in [4.78, 5) is 15.9. The number of carbonyl (C=O) groups excluding carboxylic acids is 1. The number of rotatable bonds is 6. The van der Waals surface area contributed by atoms with Gasteiger partial charge in [-0.05, 0) is 23.8 Å². The molecule has 2 rings (SSSR count). The van der Waals surface area contributed by atoms with Crippen molar-refractivity contribution in [1.29, 1.82) is 5.26 Å². The van der Waals surface area contributed by atoms with Crippen LogP contribution in [0.1, 0.15) is 5.56 Å². The van der Waals surface area contributed by atoms with Crippen LogP contribution in [0.15, 0.2) is 28.9 Å². The fraction of sp³-hybridized carbons (Fsp3) is 0.200. The highest BCUT2D eigenvalue weighted by atomic mass is 32.2. The standard InChI is InChI=1S/C15H14N4O5S2/c1-23-11-5-4-9(7-12(11)24-2)6-10(8-16)13(20)17-14-18-15(19-25-14)26(3,21)22/h4-7H,1-3H3,(H,17,18,19,20)/b10-6-. The van der Waals surface area contributed by atoms with Crippen molar-refractivity contribution < 1.29 is 22.7 Å². The minimum Gasteiger partial charge on any atom is -0.493 e. The van der Waals surface area contributed by atoms with E-state index in [9.17, 15) is 18.5 Å². The van der Waals surface area contributed by atoms with Gasteiger partial charge in [0.25, 0.3) is 11.1 Å². The number of nitriles is 1. The molecule has 0 aliphatic carbocycles. The second kappa shape index (κ2) is 7.94. The Hall–Kier alpha value is -2.97. The first-order chi connectivity index (χ1) is 12.3. The van der Waals surface area contributed by atoms with Crippen molar-refractivity contribution >= 4 is 38.5 Å². The van der Waals surface area contributed by atoms with Crippen LogP contribution < -0.4 is 14.8 Å². The van der Waals surface area contributed by atoms with Gasteiger partial charge in [0.2, 0.25) is 15.0 Å². The second-order valence-electron chi connectivity index (χ2n) is 4.89. The van der Waals surface area contributed by atoms with Gasteiger partial charge in [0, 0.05) is 17.8 Å². The number of aromatic nitrogens is 2. The number of nitrogens with zero attached hydrogens (tertiary/aromatic N) is 3. The zero-order valence-corrected chi connectivity index (χ0v) is 15.6. The smallest absolute Gasteiger partial charge is 0.268 e. The number of anilines is 1. The number of ether oxygens (including phenoxy) is 2. The van der Waals surface area contributed by atoms with E-state index in [1.54, 1.807) is 24.3 Å². The third-order valence-corrected chi connectivity index (χ3v) is 4.64. The average molecular weight is 394 g/mol. The molecule has 1 aromatic carbocycles. The molecular formula is C15H14N4O5S2. The molecule has 0 unspecified atom stereocenters. The molecular weight excluding hydrogens is 380 g/mol. The maximum atomic E-state index is 12.2. The number of sulfone groups is 1. The molecule has 0 fully saturated rings. The lowest BCUT2D eigenvalue weighted by atomic mass is 10.1. The minimum atomic E-state index is -3.57. The summed E-state index contributed by atoms with van der Waals surface area (Å²) in [5, 5.41) is 11.2. The van der Waals surface area contributed by atoms with Crippen LogP contribution in [0.3, 0.4) is 0 Å². The van der Waals surface area contributed by atoms with E-state index in [0.717, 1.165) is 6.26 Å². The quantitative estimate of drug-likeness (QED) is 0.576. The maximum absolute atomic E-state index is 12.2. The number of methoxy groups -OCH3 is 2. The van der Waals surface area contributed by atoms with E-state index in [1.807, 2.05) is 0 Å². The number of benzene rings is 1. The summed E-state index contributed by atoms with van der Waals surface area (Å²) in [5.74, 6) is 0.217. The Balaban J connectivity index is 2.25. The zero-order valence-electron chi connectivity index (χ0n) is 14.0. The van der Waals surface area contributed by atoms with Crippen LogP contribution in [0.5, 0.6) is 11.5 Å². The van der Waals surface area contributed by atoms with Gasteiger partial charge in [0.1, 0.15) is 11.6 Å².